The van der Waals surface area contributed by atoms with Crippen LogP contribution in [0.5, 0.6) is 0 Å². The SMILES string of the molecule is Cc1nc(NC(=O)[C@H](C)N2CCN(c3cnccn3)CC2)sc1C. The Bertz CT molecular complexity index is 676. The van der Waals surface area contributed by atoms with E-state index in [0.717, 1.165) is 42.6 Å². The Balaban J connectivity index is 1.54. The second-order valence-electron chi connectivity index (χ2n) is 5.91. The molecule has 1 fully saturated rings. The fraction of sp³-hybridized carbons (Fsp3) is 0.500. The molecule has 0 saturated carbocycles. The molecule has 128 valence electrons. The highest BCUT2D eigenvalue weighted by Crippen LogP contribution is 2.21. The summed E-state index contributed by atoms with van der Waals surface area (Å²) >= 11 is 1.52. The molecule has 0 unspecified atom stereocenters. The van der Waals surface area contributed by atoms with Crippen molar-refractivity contribution in [3.05, 3.63) is 29.2 Å². The van der Waals surface area contributed by atoms with Gasteiger partial charge in [0.2, 0.25) is 5.91 Å². The molecule has 0 bridgehead atoms. The summed E-state index contributed by atoms with van der Waals surface area (Å²) in [5.74, 6) is 0.889. The Hall–Kier alpha value is -2.06. The van der Waals surface area contributed by atoms with E-state index in [1.807, 2.05) is 20.8 Å². The molecule has 3 heterocycles. The van der Waals surface area contributed by atoms with Gasteiger partial charge in [-0.1, -0.05) is 0 Å². The molecule has 2 aromatic heterocycles. The Morgan fingerprint density at radius 1 is 1.25 bits per heavy atom. The van der Waals surface area contributed by atoms with Crippen molar-refractivity contribution in [2.45, 2.75) is 26.8 Å². The number of amides is 1. The van der Waals surface area contributed by atoms with Gasteiger partial charge in [-0.2, -0.15) is 0 Å². The first kappa shape index (κ1) is 16.8. The van der Waals surface area contributed by atoms with Crippen LogP contribution in [0.2, 0.25) is 0 Å². The summed E-state index contributed by atoms with van der Waals surface area (Å²) in [5, 5.41) is 3.61. The molecule has 0 aliphatic carbocycles. The van der Waals surface area contributed by atoms with Crippen molar-refractivity contribution in [3.63, 3.8) is 0 Å². The van der Waals surface area contributed by atoms with Gasteiger partial charge in [0.05, 0.1) is 17.9 Å². The second kappa shape index (κ2) is 7.23. The number of aromatic nitrogens is 3. The Kier molecular flexibility index (Phi) is 5.06. The molecule has 0 aromatic carbocycles. The van der Waals surface area contributed by atoms with Crippen molar-refractivity contribution in [1.82, 2.24) is 19.9 Å². The van der Waals surface area contributed by atoms with Gasteiger partial charge in [-0.25, -0.2) is 9.97 Å². The fourth-order valence-corrected chi connectivity index (χ4v) is 3.51. The summed E-state index contributed by atoms with van der Waals surface area (Å²) in [6.45, 7) is 9.23. The number of thiazole rings is 1. The van der Waals surface area contributed by atoms with Gasteiger partial charge in [-0.3, -0.25) is 14.7 Å². The topological polar surface area (TPSA) is 74.2 Å². The van der Waals surface area contributed by atoms with Gasteiger partial charge in [0, 0.05) is 43.4 Å². The molecule has 7 nitrogen and oxygen atoms in total. The number of carbonyl (C=O) groups is 1. The average molecular weight is 346 g/mol. The number of hydrogen-bond donors (Lipinski definition) is 1. The number of piperazine rings is 1. The van der Waals surface area contributed by atoms with E-state index < -0.39 is 0 Å². The van der Waals surface area contributed by atoms with Crippen LogP contribution in [0.25, 0.3) is 0 Å². The minimum absolute atomic E-state index is 0.00305. The van der Waals surface area contributed by atoms with E-state index in [9.17, 15) is 4.79 Å². The van der Waals surface area contributed by atoms with E-state index in [4.69, 9.17) is 0 Å². The number of nitrogens with one attached hydrogen (secondary N) is 1. The highest BCUT2D eigenvalue weighted by Gasteiger charge is 2.26. The van der Waals surface area contributed by atoms with E-state index in [-0.39, 0.29) is 11.9 Å². The van der Waals surface area contributed by atoms with Crippen LogP contribution in [0.15, 0.2) is 18.6 Å². The lowest BCUT2D eigenvalue weighted by atomic mass is 10.2. The third-order valence-electron chi connectivity index (χ3n) is 4.37. The average Bonchev–Trinajstić information content (AvgIpc) is 2.92. The van der Waals surface area contributed by atoms with Crippen LogP contribution in [0, 0.1) is 13.8 Å². The summed E-state index contributed by atoms with van der Waals surface area (Å²) in [7, 11) is 0. The third kappa shape index (κ3) is 3.70. The maximum absolute atomic E-state index is 12.5. The smallest absolute Gasteiger partial charge is 0.243 e. The number of aryl methyl sites for hydroxylation is 2. The minimum atomic E-state index is -0.182. The molecule has 1 amide bonds. The molecule has 1 atom stereocenters. The van der Waals surface area contributed by atoms with Gasteiger partial charge in [0.15, 0.2) is 5.13 Å². The molecule has 8 heteroatoms. The zero-order valence-electron chi connectivity index (χ0n) is 14.2. The second-order valence-corrected chi connectivity index (χ2v) is 7.12. The van der Waals surface area contributed by atoms with E-state index in [1.54, 1.807) is 18.6 Å². The van der Waals surface area contributed by atoms with Gasteiger partial charge < -0.3 is 10.2 Å². The van der Waals surface area contributed by atoms with Crippen LogP contribution in [0.1, 0.15) is 17.5 Å². The Morgan fingerprint density at radius 3 is 2.58 bits per heavy atom. The molecule has 1 saturated heterocycles. The van der Waals surface area contributed by atoms with E-state index in [2.05, 4.69) is 30.1 Å². The predicted octanol–water partition coefficient (Wildman–Crippen LogP) is 1.70. The first-order valence-electron chi connectivity index (χ1n) is 8.04. The normalized spacial score (nSPS) is 16.9. The van der Waals surface area contributed by atoms with Crippen molar-refractivity contribution < 1.29 is 4.79 Å². The first-order chi connectivity index (χ1) is 11.5. The third-order valence-corrected chi connectivity index (χ3v) is 5.36. The van der Waals surface area contributed by atoms with E-state index in [1.165, 1.54) is 11.3 Å². The fourth-order valence-electron chi connectivity index (χ4n) is 2.69. The molecule has 1 aliphatic rings. The molecule has 0 radical (unpaired) electrons. The van der Waals surface area contributed by atoms with Crippen LogP contribution in [-0.4, -0.2) is 58.0 Å². The van der Waals surface area contributed by atoms with E-state index in [0.29, 0.717) is 5.13 Å². The quantitative estimate of drug-likeness (QED) is 0.908. The Morgan fingerprint density at radius 2 is 2.00 bits per heavy atom. The monoisotopic (exact) mass is 346 g/mol. The minimum Gasteiger partial charge on any atom is -0.353 e. The highest BCUT2D eigenvalue weighted by atomic mass is 32.1. The molecule has 3 rings (SSSR count). The summed E-state index contributed by atoms with van der Waals surface area (Å²) in [5.41, 5.74) is 0.973. The summed E-state index contributed by atoms with van der Waals surface area (Å²) in [4.78, 5) is 30.8. The maximum atomic E-state index is 12.5. The number of rotatable bonds is 4. The standard InChI is InChI=1S/C16H22N6OS/c1-11-13(3)24-16(19-11)20-15(23)12(2)21-6-8-22(9-7-21)14-10-17-4-5-18-14/h4-5,10,12H,6-9H2,1-3H3,(H,19,20,23)/t12-/m0/s1. The maximum Gasteiger partial charge on any atom is 0.243 e. The molecular formula is C16H22N6OS. The highest BCUT2D eigenvalue weighted by molar-refractivity contribution is 7.15. The number of anilines is 2. The lowest BCUT2D eigenvalue weighted by Crippen LogP contribution is -2.53. The number of nitrogens with zero attached hydrogens (tertiary/aromatic N) is 5. The summed E-state index contributed by atoms with van der Waals surface area (Å²) in [6.07, 6.45) is 5.16. The van der Waals surface area contributed by atoms with Crippen molar-refractivity contribution >= 4 is 28.2 Å². The van der Waals surface area contributed by atoms with Crippen LogP contribution < -0.4 is 10.2 Å². The van der Waals surface area contributed by atoms with E-state index >= 15 is 0 Å². The van der Waals surface area contributed by atoms with Crippen molar-refractivity contribution in [2.75, 3.05) is 36.4 Å². The van der Waals surface area contributed by atoms with Crippen molar-refractivity contribution in [3.8, 4) is 0 Å². The molecular weight excluding hydrogens is 324 g/mol. The first-order valence-corrected chi connectivity index (χ1v) is 8.86. The zero-order valence-corrected chi connectivity index (χ0v) is 15.0. The van der Waals surface area contributed by atoms with Crippen molar-refractivity contribution in [2.24, 2.45) is 0 Å². The molecule has 24 heavy (non-hydrogen) atoms. The predicted molar refractivity (Wildman–Crippen MR) is 95.5 cm³/mol. The van der Waals surface area contributed by atoms with Crippen LogP contribution in [0.3, 0.4) is 0 Å². The van der Waals surface area contributed by atoms with Gasteiger partial charge in [-0.05, 0) is 20.8 Å². The lowest BCUT2D eigenvalue weighted by Gasteiger charge is -2.37. The van der Waals surface area contributed by atoms with Gasteiger partial charge in [0.1, 0.15) is 5.82 Å². The molecule has 2 aromatic rings. The molecule has 1 N–H and O–H groups in total. The van der Waals surface area contributed by atoms with Crippen LogP contribution >= 0.6 is 11.3 Å². The largest absolute Gasteiger partial charge is 0.353 e. The summed E-state index contributed by atoms with van der Waals surface area (Å²) < 4.78 is 0. The molecule has 0 spiro atoms. The summed E-state index contributed by atoms with van der Waals surface area (Å²) in [6, 6.07) is -0.182. The van der Waals surface area contributed by atoms with Crippen LogP contribution in [-0.2, 0) is 4.79 Å². The molecule has 1 aliphatic heterocycles. The van der Waals surface area contributed by atoms with Gasteiger partial charge >= 0.3 is 0 Å². The lowest BCUT2D eigenvalue weighted by molar-refractivity contribution is -0.120. The number of carbonyl (C=O) groups excluding carboxylic acids is 1. The Labute approximate surface area is 145 Å². The number of hydrogen-bond acceptors (Lipinski definition) is 7. The van der Waals surface area contributed by atoms with Crippen LogP contribution in [0.4, 0.5) is 10.9 Å². The van der Waals surface area contributed by atoms with Gasteiger partial charge in [-0.15, -0.1) is 11.3 Å². The van der Waals surface area contributed by atoms with Gasteiger partial charge in [0.25, 0.3) is 0 Å². The van der Waals surface area contributed by atoms with Crippen molar-refractivity contribution in [1.29, 1.82) is 0 Å². The zero-order chi connectivity index (χ0) is 17.1.